The maximum atomic E-state index is 12.8. The van der Waals surface area contributed by atoms with Gasteiger partial charge in [0.1, 0.15) is 16.4 Å². The molecule has 0 bridgehead atoms. The van der Waals surface area contributed by atoms with E-state index >= 15 is 0 Å². The lowest BCUT2D eigenvalue weighted by atomic mass is 10.2. The van der Waals surface area contributed by atoms with E-state index in [0.717, 1.165) is 28.7 Å². The number of rotatable bonds is 7. The molecule has 1 aromatic heterocycles. The normalized spacial score (nSPS) is 10.7. The predicted molar refractivity (Wildman–Crippen MR) is 108 cm³/mol. The van der Waals surface area contributed by atoms with Gasteiger partial charge >= 0.3 is 0 Å². The molecule has 0 saturated heterocycles. The minimum absolute atomic E-state index is 0.248. The number of anilines is 1. The van der Waals surface area contributed by atoms with Crippen LogP contribution >= 0.6 is 22.9 Å². The first-order valence-electron chi connectivity index (χ1n) is 8.43. The number of methoxy groups -OCH3 is 1. The van der Waals surface area contributed by atoms with Gasteiger partial charge in [0, 0.05) is 10.1 Å². The third kappa shape index (κ3) is 3.94. The predicted octanol–water partition coefficient (Wildman–Crippen LogP) is 5.99. The van der Waals surface area contributed by atoms with E-state index < -0.39 is 0 Å². The van der Waals surface area contributed by atoms with Gasteiger partial charge in [0.2, 0.25) is 0 Å². The Hall–Kier alpha value is -2.24. The minimum Gasteiger partial charge on any atom is -0.497 e. The number of hydrogen-bond acceptors (Lipinski definition) is 4. The number of benzene rings is 2. The molecule has 0 atom stereocenters. The van der Waals surface area contributed by atoms with Gasteiger partial charge in [-0.25, -0.2) is 0 Å². The van der Waals surface area contributed by atoms with E-state index in [1.54, 1.807) is 7.11 Å². The van der Waals surface area contributed by atoms with Crippen LogP contribution in [0.2, 0.25) is 5.02 Å². The van der Waals surface area contributed by atoms with Crippen LogP contribution in [0.3, 0.4) is 0 Å². The summed E-state index contributed by atoms with van der Waals surface area (Å²) in [6, 6.07) is 13.0. The number of hydrogen-bond donors (Lipinski definition) is 1. The number of carbonyl (C=O) groups excluding carboxylic acids is 1. The van der Waals surface area contributed by atoms with E-state index in [1.165, 1.54) is 11.3 Å². The first-order valence-corrected chi connectivity index (χ1v) is 9.62. The summed E-state index contributed by atoms with van der Waals surface area (Å²) in [6.45, 7) is 2.72. The summed E-state index contributed by atoms with van der Waals surface area (Å²) in [7, 11) is 1.61. The Bertz CT molecular complexity index is 923. The van der Waals surface area contributed by atoms with Crippen LogP contribution in [0.5, 0.6) is 11.5 Å². The fourth-order valence-electron chi connectivity index (χ4n) is 2.52. The number of halogens is 1. The van der Waals surface area contributed by atoms with E-state index in [-0.39, 0.29) is 5.91 Å². The summed E-state index contributed by atoms with van der Waals surface area (Å²) in [5, 5.41) is 4.21. The van der Waals surface area contributed by atoms with Gasteiger partial charge in [-0.3, -0.25) is 4.79 Å². The molecule has 0 spiro atoms. The molecule has 0 fully saturated rings. The number of unbranched alkanes of at least 4 members (excludes halogenated alkanes) is 1. The summed E-state index contributed by atoms with van der Waals surface area (Å²) in [6.07, 6.45) is 2.02. The second-order valence-electron chi connectivity index (χ2n) is 5.76. The number of thiophene rings is 1. The number of carbonyl (C=O) groups is 1. The van der Waals surface area contributed by atoms with Gasteiger partial charge in [-0.05, 0) is 36.8 Å². The Morgan fingerprint density at radius 1 is 1.23 bits per heavy atom. The summed E-state index contributed by atoms with van der Waals surface area (Å²) >= 11 is 7.78. The van der Waals surface area contributed by atoms with Crippen molar-refractivity contribution >= 4 is 44.6 Å². The van der Waals surface area contributed by atoms with Gasteiger partial charge in [0.25, 0.3) is 5.91 Å². The average molecular weight is 390 g/mol. The van der Waals surface area contributed by atoms with Crippen LogP contribution in [-0.4, -0.2) is 19.6 Å². The molecule has 136 valence electrons. The van der Waals surface area contributed by atoms with E-state index in [1.807, 2.05) is 42.5 Å². The van der Waals surface area contributed by atoms with Gasteiger partial charge in [-0.1, -0.05) is 37.1 Å². The van der Waals surface area contributed by atoms with Crippen molar-refractivity contribution in [3.63, 3.8) is 0 Å². The number of nitrogens with one attached hydrogen (secondary N) is 1. The highest BCUT2D eigenvalue weighted by Gasteiger charge is 2.19. The minimum atomic E-state index is -0.248. The zero-order valence-electron chi connectivity index (χ0n) is 14.7. The smallest absolute Gasteiger partial charge is 0.267 e. The van der Waals surface area contributed by atoms with Crippen LogP contribution in [-0.2, 0) is 0 Å². The van der Waals surface area contributed by atoms with Crippen LogP contribution in [0, 0.1) is 0 Å². The van der Waals surface area contributed by atoms with Crippen LogP contribution in [0.4, 0.5) is 5.69 Å². The Balaban J connectivity index is 1.84. The highest BCUT2D eigenvalue weighted by molar-refractivity contribution is 7.21. The molecule has 3 rings (SSSR count). The first-order chi connectivity index (χ1) is 12.6. The lowest BCUT2D eigenvalue weighted by molar-refractivity contribution is 0.103. The highest BCUT2D eigenvalue weighted by Crippen LogP contribution is 2.38. The Morgan fingerprint density at radius 2 is 2.04 bits per heavy atom. The molecule has 4 nitrogen and oxygen atoms in total. The molecular weight excluding hydrogens is 370 g/mol. The van der Waals surface area contributed by atoms with Gasteiger partial charge in [-0.2, -0.15) is 0 Å². The van der Waals surface area contributed by atoms with Crippen molar-refractivity contribution in [2.24, 2.45) is 0 Å². The van der Waals surface area contributed by atoms with Gasteiger partial charge in [-0.15, -0.1) is 11.3 Å². The zero-order valence-corrected chi connectivity index (χ0v) is 16.2. The third-order valence-electron chi connectivity index (χ3n) is 3.93. The quantitative estimate of drug-likeness (QED) is 0.504. The van der Waals surface area contributed by atoms with Crippen LogP contribution < -0.4 is 14.8 Å². The number of para-hydroxylation sites is 2. The van der Waals surface area contributed by atoms with Gasteiger partial charge in [0.15, 0.2) is 0 Å². The molecule has 0 aliphatic heterocycles. The maximum Gasteiger partial charge on any atom is 0.267 e. The molecule has 1 amide bonds. The first kappa shape index (κ1) is 18.5. The fourth-order valence-corrected chi connectivity index (χ4v) is 3.96. The zero-order chi connectivity index (χ0) is 18.5. The molecule has 6 heteroatoms. The van der Waals surface area contributed by atoms with E-state index in [9.17, 15) is 4.79 Å². The second-order valence-corrected chi connectivity index (χ2v) is 7.19. The largest absolute Gasteiger partial charge is 0.497 e. The molecule has 1 heterocycles. The number of fused-ring (bicyclic) bond motifs is 1. The monoisotopic (exact) mass is 389 g/mol. The topological polar surface area (TPSA) is 47.6 Å². The maximum absolute atomic E-state index is 12.8. The van der Waals surface area contributed by atoms with Crippen molar-refractivity contribution in [3.8, 4) is 11.5 Å². The van der Waals surface area contributed by atoms with Crippen LogP contribution in [0.1, 0.15) is 29.4 Å². The van der Waals surface area contributed by atoms with E-state index in [2.05, 4.69) is 12.2 Å². The van der Waals surface area contributed by atoms with Gasteiger partial charge < -0.3 is 14.8 Å². The van der Waals surface area contributed by atoms with Crippen molar-refractivity contribution in [1.29, 1.82) is 0 Å². The molecule has 1 N–H and O–H groups in total. The molecule has 2 aromatic carbocycles. The van der Waals surface area contributed by atoms with Crippen molar-refractivity contribution in [2.45, 2.75) is 19.8 Å². The SMILES string of the molecule is CCCCOc1ccccc1NC(=O)c1sc2cc(OC)ccc2c1Cl. The molecule has 0 aliphatic rings. The number of ether oxygens (including phenoxy) is 2. The second kappa shape index (κ2) is 8.43. The molecular formula is C20H20ClNO3S. The molecule has 0 saturated carbocycles. The van der Waals surface area contributed by atoms with Crippen LogP contribution in [0.25, 0.3) is 10.1 Å². The fraction of sp³-hybridized carbons (Fsp3) is 0.250. The Kier molecular flexibility index (Phi) is 6.01. The highest BCUT2D eigenvalue weighted by atomic mass is 35.5. The number of amides is 1. The summed E-state index contributed by atoms with van der Waals surface area (Å²) < 4.78 is 11.9. The molecule has 0 unspecified atom stereocenters. The van der Waals surface area contributed by atoms with Crippen molar-refractivity contribution < 1.29 is 14.3 Å². The van der Waals surface area contributed by atoms with Crippen LogP contribution in [0.15, 0.2) is 42.5 Å². The Labute approximate surface area is 161 Å². The van der Waals surface area contributed by atoms with Gasteiger partial charge in [0.05, 0.1) is 24.4 Å². The summed E-state index contributed by atoms with van der Waals surface area (Å²) in [5.41, 5.74) is 0.639. The van der Waals surface area contributed by atoms with Crippen molar-refractivity contribution in [2.75, 3.05) is 19.0 Å². The molecule has 3 aromatic rings. The summed E-state index contributed by atoms with van der Waals surface area (Å²) in [4.78, 5) is 13.2. The lowest BCUT2D eigenvalue weighted by Crippen LogP contribution is -2.12. The van der Waals surface area contributed by atoms with E-state index in [4.69, 9.17) is 21.1 Å². The standard InChI is InChI=1S/C20H20ClNO3S/c1-3-4-11-25-16-8-6-5-7-15(16)22-20(23)19-18(21)14-10-9-13(24-2)12-17(14)26-19/h5-10,12H,3-4,11H2,1-2H3,(H,22,23). The average Bonchev–Trinajstić information content (AvgIpc) is 2.99. The molecule has 0 radical (unpaired) electrons. The Morgan fingerprint density at radius 3 is 2.81 bits per heavy atom. The van der Waals surface area contributed by atoms with Crippen molar-refractivity contribution in [3.05, 3.63) is 52.4 Å². The van der Waals surface area contributed by atoms with E-state index in [0.29, 0.717) is 27.9 Å². The third-order valence-corrected chi connectivity index (χ3v) is 5.59. The van der Waals surface area contributed by atoms with Crippen molar-refractivity contribution in [1.82, 2.24) is 0 Å². The molecule has 0 aliphatic carbocycles. The lowest BCUT2D eigenvalue weighted by Gasteiger charge is -2.11. The summed E-state index contributed by atoms with van der Waals surface area (Å²) in [5.74, 6) is 1.15. The molecule has 26 heavy (non-hydrogen) atoms.